The minimum absolute atomic E-state index is 0.244. The van der Waals surface area contributed by atoms with Crippen LogP contribution in [0.1, 0.15) is 37.4 Å². The molecule has 0 aliphatic carbocycles. The highest BCUT2D eigenvalue weighted by Gasteiger charge is 2.07. The lowest BCUT2D eigenvalue weighted by Crippen LogP contribution is -2.03. The Morgan fingerprint density at radius 1 is 1.12 bits per heavy atom. The Labute approximate surface area is 103 Å². The minimum atomic E-state index is -2.84. The van der Waals surface area contributed by atoms with E-state index in [2.05, 4.69) is 0 Å². The first-order valence-electron chi connectivity index (χ1n) is 5.90. The molecule has 0 spiro atoms. The Hall–Kier alpha value is -0.870. The SMILES string of the molecule is CS(=O)(=O)CCCCCC(O)c1ccccc1. The number of hydrogen-bond donors (Lipinski definition) is 1. The van der Waals surface area contributed by atoms with Gasteiger partial charge in [0, 0.05) is 12.0 Å². The molecule has 0 aromatic heterocycles. The number of rotatable bonds is 7. The van der Waals surface area contributed by atoms with Gasteiger partial charge in [0.1, 0.15) is 9.84 Å². The molecule has 1 rings (SSSR count). The van der Waals surface area contributed by atoms with E-state index in [1.807, 2.05) is 30.3 Å². The summed E-state index contributed by atoms with van der Waals surface area (Å²) in [5.41, 5.74) is 0.926. The quantitative estimate of drug-likeness (QED) is 0.762. The molecule has 96 valence electrons. The molecule has 0 fully saturated rings. The number of aliphatic hydroxyl groups is 1. The van der Waals surface area contributed by atoms with E-state index in [9.17, 15) is 13.5 Å². The summed E-state index contributed by atoms with van der Waals surface area (Å²) in [5.74, 6) is 0.244. The van der Waals surface area contributed by atoms with Crippen molar-refractivity contribution in [3.05, 3.63) is 35.9 Å². The van der Waals surface area contributed by atoms with Gasteiger partial charge in [0.15, 0.2) is 0 Å². The maximum atomic E-state index is 10.9. The Morgan fingerprint density at radius 2 is 1.76 bits per heavy atom. The van der Waals surface area contributed by atoms with E-state index in [0.29, 0.717) is 12.8 Å². The van der Waals surface area contributed by atoms with Gasteiger partial charge in [0.05, 0.1) is 6.10 Å². The molecule has 1 aromatic rings. The van der Waals surface area contributed by atoms with Crippen LogP contribution in [0.5, 0.6) is 0 Å². The number of benzene rings is 1. The molecule has 0 saturated carbocycles. The summed E-state index contributed by atoms with van der Waals surface area (Å²) >= 11 is 0. The van der Waals surface area contributed by atoms with Crippen LogP contribution in [0, 0.1) is 0 Å². The van der Waals surface area contributed by atoms with Crippen LogP contribution < -0.4 is 0 Å². The van der Waals surface area contributed by atoms with Gasteiger partial charge in [-0.25, -0.2) is 8.42 Å². The first-order valence-corrected chi connectivity index (χ1v) is 7.96. The molecule has 1 unspecified atom stereocenters. The molecule has 0 aliphatic heterocycles. The number of aliphatic hydroxyl groups excluding tert-OH is 1. The molecule has 17 heavy (non-hydrogen) atoms. The molecular weight excluding hydrogens is 236 g/mol. The molecule has 1 aromatic carbocycles. The first-order chi connectivity index (χ1) is 7.99. The number of hydrogen-bond acceptors (Lipinski definition) is 3. The average Bonchev–Trinajstić information content (AvgIpc) is 2.28. The first kappa shape index (κ1) is 14.2. The molecular formula is C13H20O3S. The summed E-state index contributed by atoms with van der Waals surface area (Å²) in [6, 6.07) is 9.54. The van der Waals surface area contributed by atoms with E-state index < -0.39 is 15.9 Å². The van der Waals surface area contributed by atoms with Crippen molar-refractivity contribution in [3.8, 4) is 0 Å². The largest absolute Gasteiger partial charge is 0.388 e. The highest BCUT2D eigenvalue weighted by atomic mass is 32.2. The predicted octanol–water partition coefficient (Wildman–Crippen LogP) is 2.33. The molecule has 0 saturated heterocycles. The predicted molar refractivity (Wildman–Crippen MR) is 69.6 cm³/mol. The monoisotopic (exact) mass is 256 g/mol. The molecule has 0 amide bonds. The van der Waals surface area contributed by atoms with E-state index >= 15 is 0 Å². The third-order valence-corrected chi connectivity index (χ3v) is 3.71. The third-order valence-electron chi connectivity index (χ3n) is 2.68. The summed E-state index contributed by atoms with van der Waals surface area (Å²) < 4.78 is 21.8. The summed E-state index contributed by atoms with van der Waals surface area (Å²) in [6.45, 7) is 0. The van der Waals surface area contributed by atoms with Gasteiger partial charge in [-0.05, 0) is 18.4 Å². The van der Waals surface area contributed by atoms with Crippen molar-refractivity contribution >= 4 is 9.84 Å². The van der Waals surface area contributed by atoms with Crippen LogP contribution in [0.4, 0.5) is 0 Å². The van der Waals surface area contributed by atoms with Crippen LogP contribution in [0.25, 0.3) is 0 Å². The fourth-order valence-electron chi connectivity index (χ4n) is 1.72. The van der Waals surface area contributed by atoms with Gasteiger partial charge in [-0.2, -0.15) is 0 Å². The van der Waals surface area contributed by atoms with Crippen molar-refractivity contribution in [1.29, 1.82) is 0 Å². The van der Waals surface area contributed by atoms with Gasteiger partial charge in [-0.15, -0.1) is 0 Å². The Morgan fingerprint density at radius 3 is 2.35 bits per heavy atom. The van der Waals surface area contributed by atoms with Crippen molar-refractivity contribution in [1.82, 2.24) is 0 Å². The number of sulfone groups is 1. The lowest BCUT2D eigenvalue weighted by atomic mass is 10.0. The topological polar surface area (TPSA) is 54.4 Å². The van der Waals surface area contributed by atoms with E-state index in [1.54, 1.807) is 0 Å². The van der Waals surface area contributed by atoms with Crippen LogP contribution in [-0.4, -0.2) is 25.5 Å². The molecule has 0 radical (unpaired) electrons. The van der Waals surface area contributed by atoms with Crippen LogP contribution in [0.15, 0.2) is 30.3 Å². The van der Waals surface area contributed by atoms with Gasteiger partial charge < -0.3 is 5.11 Å². The van der Waals surface area contributed by atoms with E-state index in [-0.39, 0.29) is 5.75 Å². The van der Waals surface area contributed by atoms with Crippen molar-refractivity contribution < 1.29 is 13.5 Å². The van der Waals surface area contributed by atoms with Crippen LogP contribution in [0.2, 0.25) is 0 Å². The zero-order valence-electron chi connectivity index (χ0n) is 10.2. The van der Waals surface area contributed by atoms with Gasteiger partial charge in [0.25, 0.3) is 0 Å². The average molecular weight is 256 g/mol. The van der Waals surface area contributed by atoms with Crippen LogP contribution in [0.3, 0.4) is 0 Å². The molecule has 0 aliphatic rings. The second-order valence-electron chi connectivity index (χ2n) is 4.41. The summed E-state index contributed by atoms with van der Waals surface area (Å²) in [7, 11) is -2.84. The van der Waals surface area contributed by atoms with Gasteiger partial charge in [-0.3, -0.25) is 0 Å². The van der Waals surface area contributed by atoms with Crippen molar-refractivity contribution in [2.24, 2.45) is 0 Å². The van der Waals surface area contributed by atoms with Gasteiger partial charge >= 0.3 is 0 Å². The smallest absolute Gasteiger partial charge is 0.147 e. The molecule has 0 heterocycles. The highest BCUT2D eigenvalue weighted by molar-refractivity contribution is 7.90. The number of unbranched alkanes of at least 4 members (excludes halogenated alkanes) is 2. The lowest BCUT2D eigenvalue weighted by molar-refractivity contribution is 0.163. The fraction of sp³-hybridized carbons (Fsp3) is 0.538. The van der Waals surface area contributed by atoms with Crippen molar-refractivity contribution in [2.45, 2.75) is 31.8 Å². The molecule has 0 bridgehead atoms. The fourth-order valence-corrected chi connectivity index (χ4v) is 2.45. The Kier molecular flexibility index (Phi) is 5.65. The third kappa shape index (κ3) is 6.44. The maximum absolute atomic E-state index is 10.9. The second-order valence-corrected chi connectivity index (χ2v) is 6.67. The zero-order chi connectivity index (χ0) is 12.7. The van der Waals surface area contributed by atoms with Crippen LogP contribution >= 0.6 is 0 Å². The summed E-state index contributed by atoms with van der Waals surface area (Å²) in [6.07, 6.45) is 3.89. The van der Waals surface area contributed by atoms with Gasteiger partial charge in [-0.1, -0.05) is 43.2 Å². The molecule has 3 nitrogen and oxygen atoms in total. The maximum Gasteiger partial charge on any atom is 0.147 e. The molecule has 1 N–H and O–H groups in total. The minimum Gasteiger partial charge on any atom is -0.388 e. The van der Waals surface area contributed by atoms with Gasteiger partial charge in [0.2, 0.25) is 0 Å². The zero-order valence-corrected chi connectivity index (χ0v) is 11.0. The second kappa shape index (κ2) is 6.77. The normalized spacial score (nSPS) is 13.5. The summed E-state index contributed by atoms with van der Waals surface area (Å²) in [4.78, 5) is 0. The van der Waals surface area contributed by atoms with Crippen molar-refractivity contribution in [2.75, 3.05) is 12.0 Å². The Bertz CT molecular complexity index is 412. The van der Waals surface area contributed by atoms with E-state index in [1.165, 1.54) is 6.26 Å². The Balaban J connectivity index is 2.19. The van der Waals surface area contributed by atoms with Crippen LogP contribution in [-0.2, 0) is 9.84 Å². The van der Waals surface area contributed by atoms with E-state index in [4.69, 9.17) is 0 Å². The lowest BCUT2D eigenvalue weighted by Gasteiger charge is -2.10. The van der Waals surface area contributed by atoms with Crippen molar-refractivity contribution in [3.63, 3.8) is 0 Å². The standard InChI is InChI=1S/C13H20O3S/c1-17(15,16)11-7-3-6-10-13(14)12-8-4-2-5-9-12/h2,4-5,8-9,13-14H,3,6-7,10-11H2,1H3. The van der Waals surface area contributed by atoms with E-state index in [0.717, 1.165) is 18.4 Å². The highest BCUT2D eigenvalue weighted by Crippen LogP contribution is 2.19. The molecule has 1 atom stereocenters. The molecule has 4 heteroatoms. The summed E-state index contributed by atoms with van der Waals surface area (Å²) in [5, 5.41) is 9.86.